The van der Waals surface area contributed by atoms with Crippen LogP contribution in [0.1, 0.15) is 17.2 Å². The van der Waals surface area contributed by atoms with Crippen LogP contribution in [0.3, 0.4) is 0 Å². The van der Waals surface area contributed by atoms with Gasteiger partial charge >= 0.3 is 0 Å². The van der Waals surface area contributed by atoms with E-state index in [2.05, 4.69) is 36.8 Å². The van der Waals surface area contributed by atoms with E-state index in [1.165, 1.54) is 12.1 Å². The van der Waals surface area contributed by atoms with Crippen molar-refractivity contribution in [2.45, 2.75) is 12.5 Å². The summed E-state index contributed by atoms with van der Waals surface area (Å²) in [6.45, 7) is 0. The first kappa shape index (κ1) is 13.6. The van der Waals surface area contributed by atoms with Gasteiger partial charge in [-0.25, -0.2) is 4.39 Å². The van der Waals surface area contributed by atoms with Crippen LogP contribution in [0, 0.1) is 5.82 Å². The van der Waals surface area contributed by atoms with Crippen LogP contribution < -0.4 is 0 Å². The Labute approximate surface area is 121 Å². The van der Waals surface area contributed by atoms with Crippen molar-refractivity contribution in [2.75, 3.05) is 0 Å². The van der Waals surface area contributed by atoms with Crippen LogP contribution in [0.25, 0.3) is 0 Å². The van der Waals surface area contributed by atoms with Gasteiger partial charge in [-0.3, -0.25) is 4.98 Å². The van der Waals surface area contributed by atoms with E-state index < -0.39 is 6.10 Å². The molecule has 0 aliphatic heterocycles. The monoisotopic (exact) mass is 373 g/mol. The van der Waals surface area contributed by atoms with E-state index in [1.54, 1.807) is 18.5 Å². The van der Waals surface area contributed by atoms with Gasteiger partial charge < -0.3 is 5.11 Å². The van der Waals surface area contributed by atoms with Crippen molar-refractivity contribution in [3.8, 4) is 0 Å². The van der Waals surface area contributed by atoms with Gasteiger partial charge in [0.05, 0.1) is 6.10 Å². The van der Waals surface area contributed by atoms with E-state index in [1.807, 2.05) is 6.07 Å². The van der Waals surface area contributed by atoms with E-state index in [0.717, 1.165) is 15.6 Å². The zero-order chi connectivity index (χ0) is 13.1. The molecule has 2 aromatic rings. The van der Waals surface area contributed by atoms with Crippen molar-refractivity contribution in [3.63, 3.8) is 0 Å². The molecule has 0 aliphatic rings. The molecule has 5 heteroatoms. The van der Waals surface area contributed by atoms with Gasteiger partial charge in [0.15, 0.2) is 0 Å². The Morgan fingerprint density at radius 2 is 2.00 bits per heavy atom. The fourth-order valence-electron chi connectivity index (χ4n) is 1.62. The van der Waals surface area contributed by atoms with Gasteiger partial charge in [-0.2, -0.15) is 0 Å². The van der Waals surface area contributed by atoms with Gasteiger partial charge in [0, 0.05) is 33.3 Å². The first-order valence-electron chi connectivity index (χ1n) is 5.28. The Balaban J connectivity index is 2.18. The normalized spacial score (nSPS) is 12.4. The highest BCUT2D eigenvalue weighted by atomic mass is 79.9. The number of aliphatic hydroxyl groups is 1. The maximum atomic E-state index is 13.0. The maximum Gasteiger partial charge on any atom is 0.124 e. The SMILES string of the molecule is OC(Cc1ccc(F)cc1Br)c1cncc(Br)c1. The Hall–Kier alpha value is -0.780. The summed E-state index contributed by atoms with van der Waals surface area (Å²) in [6, 6.07) is 6.25. The third-order valence-electron chi connectivity index (χ3n) is 2.54. The molecule has 1 unspecified atom stereocenters. The van der Waals surface area contributed by atoms with Crippen molar-refractivity contribution in [3.05, 3.63) is 62.5 Å². The van der Waals surface area contributed by atoms with E-state index >= 15 is 0 Å². The summed E-state index contributed by atoms with van der Waals surface area (Å²) in [4.78, 5) is 4.00. The molecule has 0 fully saturated rings. The van der Waals surface area contributed by atoms with Crippen LogP contribution >= 0.6 is 31.9 Å². The lowest BCUT2D eigenvalue weighted by Gasteiger charge is -2.12. The molecule has 0 aliphatic carbocycles. The lowest BCUT2D eigenvalue weighted by Crippen LogP contribution is -2.03. The first-order chi connectivity index (χ1) is 8.56. The second kappa shape index (κ2) is 5.91. The van der Waals surface area contributed by atoms with Gasteiger partial charge in [0.2, 0.25) is 0 Å². The standard InChI is InChI=1S/C13H10Br2FNO/c14-10-3-9(6-17-7-10)13(18)4-8-1-2-11(16)5-12(8)15/h1-3,5-7,13,18H,4H2. The number of halogens is 3. The predicted molar refractivity (Wildman–Crippen MR) is 74.7 cm³/mol. The van der Waals surface area contributed by atoms with Crippen LogP contribution in [0.15, 0.2) is 45.6 Å². The molecule has 18 heavy (non-hydrogen) atoms. The van der Waals surface area contributed by atoms with Crippen LogP contribution in [0.4, 0.5) is 4.39 Å². The molecule has 1 aromatic carbocycles. The molecule has 1 aromatic heterocycles. The van der Waals surface area contributed by atoms with Crippen molar-refractivity contribution >= 4 is 31.9 Å². The Bertz CT molecular complexity index is 562. The summed E-state index contributed by atoms with van der Waals surface area (Å²) < 4.78 is 14.4. The molecule has 0 bridgehead atoms. The topological polar surface area (TPSA) is 33.1 Å². The molecule has 0 radical (unpaired) electrons. The van der Waals surface area contributed by atoms with Gasteiger partial charge in [-0.05, 0) is 39.7 Å². The Morgan fingerprint density at radius 3 is 2.67 bits per heavy atom. The van der Waals surface area contributed by atoms with E-state index in [9.17, 15) is 9.50 Å². The van der Waals surface area contributed by atoms with Crippen molar-refractivity contribution < 1.29 is 9.50 Å². The highest BCUT2D eigenvalue weighted by Gasteiger charge is 2.12. The summed E-state index contributed by atoms with van der Waals surface area (Å²) in [5.74, 6) is -0.302. The lowest BCUT2D eigenvalue weighted by molar-refractivity contribution is 0.177. The van der Waals surface area contributed by atoms with Crippen molar-refractivity contribution in [2.24, 2.45) is 0 Å². The minimum atomic E-state index is -0.670. The third-order valence-corrected chi connectivity index (χ3v) is 3.71. The zero-order valence-electron chi connectivity index (χ0n) is 9.28. The van der Waals surface area contributed by atoms with Gasteiger partial charge in [-0.1, -0.05) is 22.0 Å². The van der Waals surface area contributed by atoms with Crippen LogP contribution in [0.2, 0.25) is 0 Å². The highest BCUT2D eigenvalue weighted by Crippen LogP contribution is 2.25. The van der Waals surface area contributed by atoms with E-state index in [-0.39, 0.29) is 5.82 Å². The number of hydrogen-bond donors (Lipinski definition) is 1. The predicted octanol–water partition coefficient (Wildman–Crippen LogP) is 4.02. The van der Waals surface area contributed by atoms with Gasteiger partial charge in [-0.15, -0.1) is 0 Å². The minimum absolute atomic E-state index is 0.302. The zero-order valence-corrected chi connectivity index (χ0v) is 12.4. The molecular formula is C13H10Br2FNO. The Kier molecular flexibility index (Phi) is 4.48. The molecule has 0 saturated carbocycles. The summed E-state index contributed by atoms with van der Waals surface area (Å²) in [6.07, 6.45) is 3.01. The molecular weight excluding hydrogens is 365 g/mol. The average molecular weight is 375 g/mol. The molecule has 0 spiro atoms. The molecule has 1 heterocycles. The van der Waals surface area contributed by atoms with Crippen LogP contribution in [-0.4, -0.2) is 10.1 Å². The number of nitrogens with zero attached hydrogens (tertiary/aromatic N) is 1. The fourth-order valence-corrected chi connectivity index (χ4v) is 2.52. The summed E-state index contributed by atoms with van der Waals surface area (Å²) in [5.41, 5.74) is 1.57. The summed E-state index contributed by atoms with van der Waals surface area (Å²) in [5, 5.41) is 10.1. The molecule has 0 saturated heterocycles. The number of hydrogen-bond acceptors (Lipinski definition) is 2. The van der Waals surface area contributed by atoms with Gasteiger partial charge in [0.1, 0.15) is 5.82 Å². The van der Waals surface area contributed by atoms with Crippen LogP contribution in [-0.2, 0) is 6.42 Å². The average Bonchev–Trinajstić information content (AvgIpc) is 2.32. The van der Waals surface area contributed by atoms with E-state index in [4.69, 9.17) is 0 Å². The summed E-state index contributed by atoms with van der Waals surface area (Å²) >= 11 is 6.59. The molecule has 2 rings (SSSR count). The molecule has 1 N–H and O–H groups in total. The second-order valence-electron chi connectivity index (χ2n) is 3.89. The number of pyridine rings is 1. The number of rotatable bonds is 3. The third kappa shape index (κ3) is 3.37. The van der Waals surface area contributed by atoms with Gasteiger partial charge in [0.25, 0.3) is 0 Å². The number of aromatic nitrogens is 1. The summed E-state index contributed by atoms with van der Waals surface area (Å²) in [7, 11) is 0. The van der Waals surface area contributed by atoms with E-state index in [0.29, 0.717) is 10.9 Å². The Morgan fingerprint density at radius 1 is 1.22 bits per heavy atom. The lowest BCUT2D eigenvalue weighted by atomic mass is 10.0. The number of benzene rings is 1. The first-order valence-corrected chi connectivity index (χ1v) is 6.87. The second-order valence-corrected chi connectivity index (χ2v) is 5.66. The van der Waals surface area contributed by atoms with Crippen molar-refractivity contribution in [1.29, 1.82) is 0 Å². The fraction of sp³-hybridized carbons (Fsp3) is 0.154. The molecule has 2 nitrogen and oxygen atoms in total. The van der Waals surface area contributed by atoms with Crippen LogP contribution in [0.5, 0.6) is 0 Å². The number of aliphatic hydroxyl groups excluding tert-OH is 1. The largest absolute Gasteiger partial charge is 0.388 e. The molecule has 94 valence electrons. The quantitative estimate of drug-likeness (QED) is 0.880. The molecule has 1 atom stereocenters. The smallest absolute Gasteiger partial charge is 0.124 e. The van der Waals surface area contributed by atoms with Crippen molar-refractivity contribution in [1.82, 2.24) is 4.98 Å². The highest BCUT2D eigenvalue weighted by molar-refractivity contribution is 9.10. The maximum absolute atomic E-state index is 13.0. The minimum Gasteiger partial charge on any atom is -0.388 e. The molecule has 0 amide bonds.